The van der Waals surface area contributed by atoms with E-state index >= 15 is 0 Å². The number of aryl methyl sites for hydroxylation is 1. The molecule has 0 radical (unpaired) electrons. The summed E-state index contributed by atoms with van der Waals surface area (Å²) in [6.07, 6.45) is 1.40. The van der Waals surface area contributed by atoms with Gasteiger partial charge < -0.3 is 15.5 Å². The number of aliphatic hydroxyl groups is 1. The van der Waals surface area contributed by atoms with Crippen LogP contribution in [0.3, 0.4) is 0 Å². The van der Waals surface area contributed by atoms with Gasteiger partial charge in [0.15, 0.2) is 6.10 Å². The van der Waals surface area contributed by atoms with Gasteiger partial charge in [0, 0.05) is 5.02 Å². The van der Waals surface area contributed by atoms with E-state index in [4.69, 9.17) is 11.6 Å². The normalized spacial score (nSPS) is 18.1. The Hall–Kier alpha value is -2.04. The third-order valence-corrected chi connectivity index (χ3v) is 4.41. The first-order valence-corrected chi connectivity index (χ1v) is 7.98. The summed E-state index contributed by atoms with van der Waals surface area (Å²) < 4.78 is 0. The third-order valence-electron chi connectivity index (χ3n) is 4.17. The van der Waals surface area contributed by atoms with Crippen molar-refractivity contribution in [1.29, 1.82) is 0 Å². The highest BCUT2D eigenvalue weighted by atomic mass is 35.5. The van der Waals surface area contributed by atoms with Crippen molar-refractivity contribution in [3.63, 3.8) is 0 Å². The zero-order valence-electron chi connectivity index (χ0n) is 12.5. The molecular weight excluding hydrogens is 314 g/mol. The number of fused-ring (bicyclic) bond motifs is 1. The van der Waals surface area contributed by atoms with Crippen LogP contribution in [-0.4, -0.2) is 16.1 Å². The third kappa shape index (κ3) is 3.49. The van der Waals surface area contributed by atoms with Crippen molar-refractivity contribution in [2.24, 2.45) is 0 Å². The minimum absolute atomic E-state index is 0.181. The average Bonchev–Trinajstić information content (AvgIpc) is 2.54. The van der Waals surface area contributed by atoms with E-state index in [2.05, 4.69) is 5.32 Å². The second-order valence-corrected chi connectivity index (χ2v) is 6.23. The molecule has 1 aliphatic rings. The molecule has 23 heavy (non-hydrogen) atoms. The van der Waals surface area contributed by atoms with Crippen molar-refractivity contribution < 1.29 is 15.0 Å². The summed E-state index contributed by atoms with van der Waals surface area (Å²) in [5, 5.41) is 23.3. The van der Waals surface area contributed by atoms with Crippen LogP contribution in [0.25, 0.3) is 0 Å². The molecule has 0 saturated carbocycles. The fraction of sp³-hybridized carbons (Fsp3) is 0.278. The van der Waals surface area contributed by atoms with Crippen molar-refractivity contribution in [3.8, 4) is 5.75 Å². The lowest BCUT2D eigenvalue weighted by atomic mass is 9.87. The topological polar surface area (TPSA) is 69.6 Å². The van der Waals surface area contributed by atoms with E-state index < -0.39 is 12.0 Å². The molecule has 0 bridgehead atoms. The van der Waals surface area contributed by atoms with Crippen LogP contribution in [0.2, 0.25) is 5.02 Å². The van der Waals surface area contributed by atoms with E-state index in [1.54, 1.807) is 36.4 Å². The Morgan fingerprint density at radius 2 is 2.09 bits per heavy atom. The van der Waals surface area contributed by atoms with Gasteiger partial charge in [0.05, 0.1) is 6.04 Å². The standard InChI is InChI=1S/C18H18ClNO3/c19-13-5-1-4-12(9-13)17(22)18(23)20-16-6-2-3-11-7-8-14(21)10-15(11)16/h1,4-5,7-10,16-17,21-22H,2-3,6H2,(H,20,23)/t16?,17-/m1/s1. The second kappa shape index (κ2) is 6.60. The van der Waals surface area contributed by atoms with Gasteiger partial charge in [-0.15, -0.1) is 0 Å². The SMILES string of the molecule is O=C(NC1CCCc2ccc(O)cc21)[C@H](O)c1cccc(Cl)c1. The molecule has 0 fully saturated rings. The van der Waals surface area contributed by atoms with Gasteiger partial charge in [-0.3, -0.25) is 4.79 Å². The van der Waals surface area contributed by atoms with Gasteiger partial charge in [0.2, 0.25) is 0 Å². The molecule has 0 saturated heterocycles. The Kier molecular flexibility index (Phi) is 4.55. The fourth-order valence-corrected chi connectivity index (χ4v) is 3.21. The molecule has 0 aromatic heterocycles. The molecule has 120 valence electrons. The number of halogens is 1. The number of aromatic hydroxyl groups is 1. The molecule has 3 N–H and O–H groups in total. The smallest absolute Gasteiger partial charge is 0.253 e. The van der Waals surface area contributed by atoms with E-state index in [9.17, 15) is 15.0 Å². The van der Waals surface area contributed by atoms with Gasteiger partial charge in [-0.05, 0) is 60.2 Å². The van der Waals surface area contributed by atoms with E-state index in [0.717, 1.165) is 30.4 Å². The fourth-order valence-electron chi connectivity index (χ4n) is 3.02. The van der Waals surface area contributed by atoms with E-state index in [0.29, 0.717) is 10.6 Å². The summed E-state index contributed by atoms with van der Waals surface area (Å²) in [6.45, 7) is 0. The van der Waals surface area contributed by atoms with Crippen LogP contribution in [0.15, 0.2) is 42.5 Å². The molecule has 0 heterocycles. The monoisotopic (exact) mass is 331 g/mol. The van der Waals surface area contributed by atoms with Crippen LogP contribution in [0.5, 0.6) is 5.75 Å². The Morgan fingerprint density at radius 1 is 1.26 bits per heavy atom. The Labute approximate surface area is 139 Å². The van der Waals surface area contributed by atoms with Crippen molar-refractivity contribution in [2.75, 3.05) is 0 Å². The lowest BCUT2D eigenvalue weighted by Crippen LogP contribution is -2.34. The van der Waals surface area contributed by atoms with Crippen LogP contribution in [-0.2, 0) is 11.2 Å². The summed E-state index contributed by atoms with van der Waals surface area (Å²) in [5.74, 6) is -0.284. The predicted octanol–water partition coefficient (Wildman–Crippen LogP) is 3.27. The summed E-state index contributed by atoms with van der Waals surface area (Å²) in [4.78, 5) is 12.4. The predicted molar refractivity (Wildman–Crippen MR) is 88.3 cm³/mol. The van der Waals surface area contributed by atoms with Gasteiger partial charge in [0.1, 0.15) is 5.75 Å². The second-order valence-electron chi connectivity index (χ2n) is 5.79. The molecule has 1 unspecified atom stereocenters. The van der Waals surface area contributed by atoms with Crippen LogP contribution in [0.4, 0.5) is 0 Å². The Bertz CT molecular complexity index is 732. The largest absolute Gasteiger partial charge is 0.508 e. The number of nitrogens with one attached hydrogen (secondary N) is 1. The minimum atomic E-state index is -1.27. The molecule has 2 atom stereocenters. The molecule has 4 nitrogen and oxygen atoms in total. The number of aliphatic hydroxyl groups excluding tert-OH is 1. The zero-order valence-corrected chi connectivity index (χ0v) is 13.3. The summed E-state index contributed by atoms with van der Waals surface area (Å²) in [6, 6.07) is 11.7. The summed E-state index contributed by atoms with van der Waals surface area (Å²) >= 11 is 5.90. The maximum Gasteiger partial charge on any atom is 0.253 e. The number of phenols is 1. The molecule has 5 heteroatoms. The zero-order chi connectivity index (χ0) is 16.4. The first kappa shape index (κ1) is 15.8. The number of carbonyl (C=O) groups is 1. The number of carbonyl (C=O) groups excluding carboxylic acids is 1. The van der Waals surface area contributed by atoms with Crippen molar-refractivity contribution in [1.82, 2.24) is 5.32 Å². The highest BCUT2D eigenvalue weighted by Crippen LogP contribution is 2.32. The minimum Gasteiger partial charge on any atom is -0.508 e. The lowest BCUT2D eigenvalue weighted by Gasteiger charge is -2.27. The van der Waals surface area contributed by atoms with E-state index in [1.165, 1.54) is 0 Å². The van der Waals surface area contributed by atoms with Gasteiger partial charge in [0.25, 0.3) is 5.91 Å². The molecule has 3 rings (SSSR count). The number of benzene rings is 2. The highest BCUT2D eigenvalue weighted by Gasteiger charge is 2.25. The van der Waals surface area contributed by atoms with Crippen LogP contribution < -0.4 is 5.32 Å². The van der Waals surface area contributed by atoms with Crippen LogP contribution in [0, 0.1) is 0 Å². The van der Waals surface area contributed by atoms with E-state index in [1.807, 2.05) is 6.07 Å². The molecule has 1 aliphatic carbocycles. The lowest BCUT2D eigenvalue weighted by molar-refractivity contribution is -0.130. The number of rotatable bonds is 3. The maximum atomic E-state index is 12.4. The van der Waals surface area contributed by atoms with Crippen molar-refractivity contribution >= 4 is 17.5 Å². The summed E-state index contributed by atoms with van der Waals surface area (Å²) in [5.41, 5.74) is 2.50. The Balaban J connectivity index is 1.77. The molecule has 2 aromatic rings. The number of hydrogen-bond donors (Lipinski definition) is 3. The van der Waals surface area contributed by atoms with Gasteiger partial charge in [-0.2, -0.15) is 0 Å². The first-order valence-electron chi connectivity index (χ1n) is 7.60. The number of phenolic OH excluding ortho intramolecular Hbond substituents is 1. The number of amides is 1. The first-order chi connectivity index (χ1) is 11.0. The molecule has 2 aromatic carbocycles. The van der Waals surface area contributed by atoms with E-state index in [-0.39, 0.29) is 11.8 Å². The molecular formula is C18H18ClNO3. The van der Waals surface area contributed by atoms with Crippen molar-refractivity contribution in [3.05, 3.63) is 64.2 Å². The Morgan fingerprint density at radius 3 is 2.87 bits per heavy atom. The van der Waals surface area contributed by atoms with Crippen LogP contribution >= 0.6 is 11.6 Å². The number of hydrogen-bond acceptors (Lipinski definition) is 3. The average molecular weight is 332 g/mol. The quantitative estimate of drug-likeness (QED) is 0.808. The highest BCUT2D eigenvalue weighted by molar-refractivity contribution is 6.30. The molecule has 0 aliphatic heterocycles. The molecule has 0 spiro atoms. The van der Waals surface area contributed by atoms with Gasteiger partial charge >= 0.3 is 0 Å². The maximum absolute atomic E-state index is 12.4. The van der Waals surface area contributed by atoms with Gasteiger partial charge in [-0.1, -0.05) is 29.8 Å². The van der Waals surface area contributed by atoms with Crippen LogP contribution in [0.1, 0.15) is 41.7 Å². The molecule has 1 amide bonds. The van der Waals surface area contributed by atoms with Gasteiger partial charge in [-0.25, -0.2) is 0 Å². The van der Waals surface area contributed by atoms with Crippen molar-refractivity contribution in [2.45, 2.75) is 31.4 Å². The summed E-state index contributed by atoms with van der Waals surface area (Å²) in [7, 11) is 0.